The number of hydrogen-bond acceptors (Lipinski definition) is 4. The van der Waals surface area contributed by atoms with E-state index in [0.717, 1.165) is 19.5 Å². The van der Waals surface area contributed by atoms with Crippen LogP contribution in [-0.2, 0) is 4.74 Å². The molecule has 118 valence electrons. The van der Waals surface area contributed by atoms with Gasteiger partial charge in [-0.05, 0) is 52.8 Å². The molecule has 0 aromatic rings. The predicted octanol–water partition coefficient (Wildman–Crippen LogP) is 3.17. The molecule has 4 nitrogen and oxygen atoms in total. The maximum Gasteiger partial charge on any atom is 0.407 e. The van der Waals surface area contributed by atoms with Crippen LogP contribution in [0.15, 0.2) is 0 Å². The number of thioether (sulfide) groups is 1. The lowest BCUT2D eigenvalue weighted by Crippen LogP contribution is -2.37. The second-order valence-corrected chi connectivity index (χ2v) is 7.83. The van der Waals surface area contributed by atoms with Gasteiger partial charge in [-0.2, -0.15) is 11.8 Å². The molecule has 0 radical (unpaired) electrons. The highest BCUT2D eigenvalue weighted by Gasteiger charge is 2.32. The minimum Gasteiger partial charge on any atom is -0.444 e. The first-order valence-electron chi connectivity index (χ1n) is 7.60. The Morgan fingerprint density at radius 1 is 1.25 bits per heavy atom. The second kappa shape index (κ2) is 8.13. The molecule has 1 aliphatic carbocycles. The average molecular weight is 302 g/mol. The Bertz CT molecular complexity index is 297. The summed E-state index contributed by atoms with van der Waals surface area (Å²) in [6.07, 6.45) is 8.22. The summed E-state index contributed by atoms with van der Waals surface area (Å²) in [7, 11) is 0. The molecule has 0 spiro atoms. The summed E-state index contributed by atoms with van der Waals surface area (Å²) < 4.78 is 5.64. The van der Waals surface area contributed by atoms with E-state index in [2.05, 4.69) is 16.9 Å². The topological polar surface area (TPSA) is 50.4 Å². The zero-order valence-corrected chi connectivity index (χ0v) is 14.2. The van der Waals surface area contributed by atoms with Gasteiger partial charge in [0.05, 0.1) is 0 Å². The van der Waals surface area contributed by atoms with Crippen LogP contribution in [0.3, 0.4) is 0 Å². The molecule has 0 aromatic heterocycles. The first kappa shape index (κ1) is 17.6. The van der Waals surface area contributed by atoms with Crippen LogP contribution in [-0.4, -0.2) is 42.3 Å². The number of nitrogens with one attached hydrogen (secondary N) is 2. The highest BCUT2D eigenvalue weighted by atomic mass is 32.2. The Labute approximate surface area is 127 Å². The maximum absolute atomic E-state index is 11.4. The SMILES string of the molecule is CSC1(CNCCCNC(=O)OC(C)(C)C)CCCC1. The van der Waals surface area contributed by atoms with Gasteiger partial charge in [0.25, 0.3) is 0 Å². The van der Waals surface area contributed by atoms with E-state index < -0.39 is 5.60 Å². The Morgan fingerprint density at radius 3 is 2.45 bits per heavy atom. The minimum absolute atomic E-state index is 0.325. The molecular weight excluding hydrogens is 272 g/mol. The molecule has 0 unspecified atom stereocenters. The van der Waals surface area contributed by atoms with Crippen molar-refractivity contribution in [2.75, 3.05) is 25.9 Å². The van der Waals surface area contributed by atoms with Gasteiger partial charge in [-0.3, -0.25) is 0 Å². The molecule has 2 N–H and O–H groups in total. The summed E-state index contributed by atoms with van der Waals surface area (Å²) in [5.41, 5.74) is -0.421. The van der Waals surface area contributed by atoms with E-state index in [1.807, 2.05) is 32.5 Å². The smallest absolute Gasteiger partial charge is 0.407 e. The van der Waals surface area contributed by atoms with Crippen molar-refractivity contribution in [3.63, 3.8) is 0 Å². The summed E-state index contributed by atoms with van der Waals surface area (Å²) in [6, 6.07) is 0. The van der Waals surface area contributed by atoms with Gasteiger partial charge < -0.3 is 15.4 Å². The molecule has 1 rings (SSSR count). The van der Waals surface area contributed by atoms with Gasteiger partial charge in [-0.25, -0.2) is 4.79 Å². The molecule has 5 heteroatoms. The van der Waals surface area contributed by atoms with Crippen molar-refractivity contribution in [3.05, 3.63) is 0 Å². The van der Waals surface area contributed by atoms with Crippen LogP contribution in [0.25, 0.3) is 0 Å². The van der Waals surface area contributed by atoms with Gasteiger partial charge in [0.1, 0.15) is 5.60 Å². The number of hydrogen-bond donors (Lipinski definition) is 2. The number of alkyl carbamates (subject to hydrolysis) is 1. The van der Waals surface area contributed by atoms with Gasteiger partial charge >= 0.3 is 6.09 Å². The van der Waals surface area contributed by atoms with Crippen LogP contribution in [0.4, 0.5) is 4.79 Å². The summed E-state index contributed by atoms with van der Waals surface area (Å²) in [4.78, 5) is 11.4. The fourth-order valence-corrected chi connectivity index (χ4v) is 3.45. The number of ether oxygens (including phenoxy) is 1. The Kier molecular flexibility index (Phi) is 7.17. The van der Waals surface area contributed by atoms with Crippen molar-refractivity contribution < 1.29 is 9.53 Å². The zero-order chi connectivity index (χ0) is 15.1. The third-order valence-corrected chi connectivity index (χ3v) is 5.01. The Hall–Kier alpha value is -0.420. The Morgan fingerprint density at radius 2 is 1.90 bits per heavy atom. The van der Waals surface area contributed by atoms with Crippen LogP contribution in [0.1, 0.15) is 52.9 Å². The van der Waals surface area contributed by atoms with Gasteiger partial charge in [-0.15, -0.1) is 0 Å². The van der Waals surface area contributed by atoms with Crippen molar-refractivity contribution in [3.8, 4) is 0 Å². The minimum atomic E-state index is -0.421. The molecule has 0 atom stereocenters. The number of amides is 1. The summed E-state index contributed by atoms with van der Waals surface area (Å²) in [5.74, 6) is 0. The molecule has 20 heavy (non-hydrogen) atoms. The molecular formula is C15H30N2O2S. The Balaban J connectivity index is 2.03. The van der Waals surface area contributed by atoms with E-state index in [-0.39, 0.29) is 6.09 Å². The normalized spacial score (nSPS) is 18.0. The molecule has 0 aromatic carbocycles. The first-order chi connectivity index (χ1) is 9.37. The van der Waals surface area contributed by atoms with E-state index in [0.29, 0.717) is 11.3 Å². The number of carbonyl (C=O) groups is 1. The van der Waals surface area contributed by atoms with Gasteiger partial charge in [0.2, 0.25) is 0 Å². The highest BCUT2D eigenvalue weighted by molar-refractivity contribution is 8.00. The molecule has 1 saturated carbocycles. The lowest BCUT2D eigenvalue weighted by molar-refractivity contribution is 0.0527. The lowest BCUT2D eigenvalue weighted by Gasteiger charge is -2.27. The molecule has 1 aliphatic rings. The fraction of sp³-hybridized carbons (Fsp3) is 0.933. The molecule has 0 aliphatic heterocycles. The second-order valence-electron chi connectivity index (χ2n) is 6.55. The van der Waals surface area contributed by atoms with Gasteiger partial charge in [-0.1, -0.05) is 12.8 Å². The highest BCUT2D eigenvalue weighted by Crippen LogP contribution is 2.39. The summed E-state index contributed by atoms with van der Waals surface area (Å²) >= 11 is 2.00. The van der Waals surface area contributed by atoms with Crippen molar-refractivity contribution in [2.45, 2.75) is 63.2 Å². The molecule has 0 bridgehead atoms. The number of rotatable bonds is 7. The zero-order valence-electron chi connectivity index (χ0n) is 13.4. The standard InChI is InChI=1S/C15H30N2O2S/c1-14(2,3)19-13(18)17-11-7-10-16-12-15(20-4)8-5-6-9-15/h16H,5-12H2,1-4H3,(H,17,18). The van der Waals surface area contributed by atoms with Gasteiger partial charge in [0.15, 0.2) is 0 Å². The monoisotopic (exact) mass is 302 g/mol. The molecule has 0 heterocycles. The fourth-order valence-electron chi connectivity index (χ4n) is 2.51. The van der Waals surface area contributed by atoms with E-state index in [4.69, 9.17) is 4.74 Å². The molecule has 1 amide bonds. The average Bonchev–Trinajstić information content (AvgIpc) is 2.81. The van der Waals surface area contributed by atoms with E-state index in [1.54, 1.807) is 0 Å². The number of carbonyl (C=O) groups excluding carboxylic acids is 1. The van der Waals surface area contributed by atoms with Crippen LogP contribution in [0.2, 0.25) is 0 Å². The van der Waals surface area contributed by atoms with E-state index in [1.165, 1.54) is 25.7 Å². The van der Waals surface area contributed by atoms with Crippen LogP contribution in [0.5, 0.6) is 0 Å². The van der Waals surface area contributed by atoms with Crippen LogP contribution >= 0.6 is 11.8 Å². The van der Waals surface area contributed by atoms with Crippen molar-refractivity contribution >= 4 is 17.9 Å². The van der Waals surface area contributed by atoms with Gasteiger partial charge in [0, 0.05) is 17.8 Å². The molecule has 1 fully saturated rings. The van der Waals surface area contributed by atoms with Crippen molar-refractivity contribution in [1.82, 2.24) is 10.6 Å². The largest absolute Gasteiger partial charge is 0.444 e. The first-order valence-corrected chi connectivity index (χ1v) is 8.82. The van der Waals surface area contributed by atoms with Crippen molar-refractivity contribution in [2.24, 2.45) is 0 Å². The van der Waals surface area contributed by atoms with Crippen molar-refractivity contribution in [1.29, 1.82) is 0 Å². The molecule has 0 saturated heterocycles. The quantitative estimate of drug-likeness (QED) is 0.709. The van der Waals surface area contributed by atoms with E-state index >= 15 is 0 Å². The summed E-state index contributed by atoms with van der Waals surface area (Å²) in [5, 5.41) is 6.31. The lowest BCUT2D eigenvalue weighted by atomic mass is 10.1. The van der Waals surface area contributed by atoms with E-state index in [9.17, 15) is 4.79 Å². The van der Waals surface area contributed by atoms with Crippen LogP contribution < -0.4 is 10.6 Å². The predicted molar refractivity (Wildman–Crippen MR) is 86.4 cm³/mol. The third kappa shape index (κ3) is 6.84. The maximum atomic E-state index is 11.4. The van der Waals surface area contributed by atoms with Crippen LogP contribution in [0, 0.1) is 0 Å². The summed E-state index contributed by atoms with van der Waals surface area (Å²) in [6.45, 7) is 8.31. The third-order valence-electron chi connectivity index (χ3n) is 3.59.